The molecule has 0 saturated carbocycles. The number of pyridine rings is 1. The van der Waals surface area contributed by atoms with Gasteiger partial charge in [-0.15, -0.1) is 0 Å². The smallest absolute Gasteiger partial charge is 0.252 e. The Labute approximate surface area is 117 Å². The summed E-state index contributed by atoms with van der Waals surface area (Å²) in [4.78, 5) is 29.6. The zero-order valence-corrected chi connectivity index (χ0v) is 11.7. The first-order valence-corrected chi connectivity index (χ1v) is 6.61. The Balaban J connectivity index is 2.12. The van der Waals surface area contributed by atoms with Gasteiger partial charge in [-0.3, -0.25) is 9.59 Å². The van der Waals surface area contributed by atoms with Crippen molar-refractivity contribution in [1.82, 2.24) is 15.2 Å². The summed E-state index contributed by atoms with van der Waals surface area (Å²) in [6.07, 6.45) is 1.34. The van der Waals surface area contributed by atoms with Gasteiger partial charge in [0.25, 0.3) is 5.91 Å². The van der Waals surface area contributed by atoms with Crippen LogP contribution in [0.15, 0.2) is 12.1 Å². The highest BCUT2D eigenvalue weighted by Crippen LogP contribution is 2.13. The highest BCUT2D eigenvalue weighted by Gasteiger charge is 2.30. The van der Waals surface area contributed by atoms with Gasteiger partial charge in [-0.2, -0.15) is 0 Å². The third-order valence-electron chi connectivity index (χ3n) is 3.20. The number of rotatable bonds is 3. The summed E-state index contributed by atoms with van der Waals surface area (Å²) in [5, 5.41) is 3.03. The Hall–Kier alpha value is -1.62. The van der Waals surface area contributed by atoms with E-state index in [-0.39, 0.29) is 11.8 Å². The molecule has 1 fully saturated rings. The van der Waals surface area contributed by atoms with E-state index in [1.807, 2.05) is 6.92 Å². The van der Waals surface area contributed by atoms with Crippen molar-refractivity contribution in [3.63, 3.8) is 0 Å². The van der Waals surface area contributed by atoms with E-state index in [1.165, 1.54) is 6.07 Å². The molecular formula is C13H16ClN3O2. The van der Waals surface area contributed by atoms with Gasteiger partial charge in [-0.25, -0.2) is 4.98 Å². The largest absolute Gasteiger partial charge is 0.344 e. The molecule has 0 radical (unpaired) electrons. The zero-order valence-electron chi connectivity index (χ0n) is 10.9. The lowest BCUT2D eigenvalue weighted by Gasteiger charge is -2.12. The van der Waals surface area contributed by atoms with E-state index in [0.717, 1.165) is 5.69 Å². The van der Waals surface area contributed by atoms with E-state index in [4.69, 9.17) is 11.6 Å². The summed E-state index contributed by atoms with van der Waals surface area (Å²) in [5.41, 5.74) is 1.20. The van der Waals surface area contributed by atoms with Crippen LogP contribution in [0.5, 0.6) is 0 Å². The summed E-state index contributed by atoms with van der Waals surface area (Å²) < 4.78 is 0. The Kier molecular flexibility index (Phi) is 4.04. The molecule has 1 unspecified atom stereocenters. The van der Waals surface area contributed by atoms with Crippen molar-refractivity contribution in [1.29, 1.82) is 0 Å². The SMILES string of the molecule is CCc1cc(C(=O)NC2CCN(C)C2=O)cc(Cl)n1. The van der Waals surface area contributed by atoms with Crippen molar-refractivity contribution in [2.24, 2.45) is 0 Å². The van der Waals surface area contributed by atoms with E-state index in [1.54, 1.807) is 18.0 Å². The lowest BCUT2D eigenvalue weighted by molar-refractivity contribution is -0.128. The first kappa shape index (κ1) is 13.8. The number of hydrogen-bond acceptors (Lipinski definition) is 3. The normalized spacial score (nSPS) is 18.8. The number of aromatic nitrogens is 1. The summed E-state index contributed by atoms with van der Waals surface area (Å²) in [7, 11) is 1.73. The highest BCUT2D eigenvalue weighted by atomic mass is 35.5. The molecule has 102 valence electrons. The average Bonchev–Trinajstić information content (AvgIpc) is 2.70. The van der Waals surface area contributed by atoms with Crippen molar-refractivity contribution >= 4 is 23.4 Å². The first-order chi connectivity index (χ1) is 9.01. The third-order valence-corrected chi connectivity index (χ3v) is 3.40. The van der Waals surface area contributed by atoms with Crippen LogP contribution in [0.2, 0.25) is 5.15 Å². The van der Waals surface area contributed by atoms with Gasteiger partial charge in [0.2, 0.25) is 5.91 Å². The van der Waals surface area contributed by atoms with Gasteiger partial charge in [0.05, 0.1) is 0 Å². The molecule has 5 nitrogen and oxygen atoms in total. The molecule has 2 rings (SSSR count). The van der Waals surface area contributed by atoms with Crippen molar-refractivity contribution in [2.75, 3.05) is 13.6 Å². The van der Waals surface area contributed by atoms with Crippen LogP contribution in [0.4, 0.5) is 0 Å². The fourth-order valence-electron chi connectivity index (χ4n) is 2.06. The lowest BCUT2D eigenvalue weighted by Crippen LogP contribution is -2.40. The number of nitrogens with one attached hydrogen (secondary N) is 1. The monoisotopic (exact) mass is 281 g/mol. The van der Waals surface area contributed by atoms with E-state index in [9.17, 15) is 9.59 Å². The molecule has 1 N–H and O–H groups in total. The molecular weight excluding hydrogens is 266 g/mol. The molecule has 0 spiro atoms. The maximum Gasteiger partial charge on any atom is 0.252 e. The van der Waals surface area contributed by atoms with Crippen LogP contribution in [0, 0.1) is 0 Å². The van der Waals surface area contributed by atoms with Crippen molar-refractivity contribution < 1.29 is 9.59 Å². The lowest BCUT2D eigenvalue weighted by atomic mass is 10.1. The number of amides is 2. The number of carbonyl (C=O) groups excluding carboxylic acids is 2. The predicted octanol–water partition coefficient (Wildman–Crippen LogP) is 1.26. The van der Waals surface area contributed by atoms with Crippen LogP contribution < -0.4 is 5.32 Å². The third kappa shape index (κ3) is 3.04. The number of halogens is 1. The van der Waals surface area contributed by atoms with Crippen LogP contribution in [0.1, 0.15) is 29.4 Å². The standard InChI is InChI=1S/C13H16ClN3O2/c1-3-9-6-8(7-11(14)15-9)12(18)16-10-4-5-17(2)13(10)19/h6-7,10H,3-5H2,1-2H3,(H,16,18). The molecule has 1 aromatic heterocycles. The summed E-state index contributed by atoms with van der Waals surface area (Å²) in [6.45, 7) is 2.61. The number of nitrogens with zero attached hydrogens (tertiary/aromatic N) is 2. The molecule has 0 aliphatic carbocycles. The molecule has 0 aromatic carbocycles. The molecule has 1 aromatic rings. The second-order valence-electron chi connectivity index (χ2n) is 4.60. The highest BCUT2D eigenvalue weighted by molar-refractivity contribution is 6.29. The van der Waals surface area contributed by atoms with Crippen LogP contribution >= 0.6 is 11.6 Å². The maximum atomic E-state index is 12.1. The number of likely N-dealkylation sites (tertiary alicyclic amines) is 1. The molecule has 2 heterocycles. The van der Waals surface area contributed by atoms with Gasteiger partial charge < -0.3 is 10.2 Å². The second-order valence-corrected chi connectivity index (χ2v) is 4.99. The van der Waals surface area contributed by atoms with E-state index in [0.29, 0.717) is 30.1 Å². The van der Waals surface area contributed by atoms with E-state index >= 15 is 0 Å². The quantitative estimate of drug-likeness (QED) is 0.849. The molecule has 1 saturated heterocycles. The fourth-order valence-corrected chi connectivity index (χ4v) is 2.29. The minimum Gasteiger partial charge on any atom is -0.344 e. The molecule has 0 bridgehead atoms. The summed E-state index contributed by atoms with van der Waals surface area (Å²) >= 11 is 5.88. The Morgan fingerprint density at radius 1 is 1.58 bits per heavy atom. The number of hydrogen-bond donors (Lipinski definition) is 1. The zero-order chi connectivity index (χ0) is 14.0. The van der Waals surface area contributed by atoms with Crippen molar-refractivity contribution in [3.8, 4) is 0 Å². The van der Waals surface area contributed by atoms with Gasteiger partial charge in [-0.05, 0) is 25.0 Å². The molecule has 1 aliphatic rings. The number of aryl methyl sites for hydroxylation is 1. The number of carbonyl (C=O) groups is 2. The fraction of sp³-hybridized carbons (Fsp3) is 0.462. The number of likely N-dealkylation sites (N-methyl/N-ethyl adjacent to an activating group) is 1. The van der Waals surface area contributed by atoms with Gasteiger partial charge in [0.1, 0.15) is 11.2 Å². The first-order valence-electron chi connectivity index (χ1n) is 6.23. The molecule has 1 atom stereocenters. The summed E-state index contributed by atoms with van der Waals surface area (Å²) in [5.74, 6) is -0.336. The second kappa shape index (κ2) is 5.57. The van der Waals surface area contributed by atoms with Crippen LogP contribution in [-0.4, -0.2) is 41.3 Å². The molecule has 1 aliphatic heterocycles. The minimum absolute atomic E-state index is 0.0516. The predicted molar refractivity (Wildman–Crippen MR) is 72.1 cm³/mol. The van der Waals surface area contributed by atoms with Crippen molar-refractivity contribution in [2.45, 2.75) is 25.8 Å². The summed E-state index contributed by atoms with van der Waals surface area (Å²) in [6, 6.07) is 2.78. The van der Waals surface area contributed by atoms with E-state index in [2.05, 4.69) is 10.3 Å². The van der Waals surface area contributed by atoms with Crippen molar-refractivity contribution in [3.05, 3.63) is 28.5 Å². The Bertz CT molecular complexity index is 519. The maximum absolute atomic E-state index is 12.1. The minimum atomic E-state index is -0.436. The van der Waals surface area contributed by atoms with Gasteiger partial charge in [-0.1, -0.05) is 18.5 Å². The van der Waals surface area contributed by atoms with E-state index < -0.39 is 6.04 Å². The molecule has 19 heavy (non-hydrogen) atoms. The van der Waals surface area contributed by atoms with Gasteiger partial charge in [0.15, 0.2) is 0 Å². The van der Waals surface area contributed by atoms with Crippen LogP contribution in [-0.2, 0) is 11.2 Å². The molecule has 6 heteroatoms. The van der Waals surface area contributed by atoms with Crippen LogP contribution in [0.3, 0.4) is 0 Å². The van der Waals surface area contributed by atoms with Crippen LogP contribution in [0.25, 0.3) is 0 Å². The topological polar surface area (TPSA) is 62.3 Å². The molecule has 2 amide bonds. The van der Waals surface area contributed by atoms with Gasteiger partial charge in [0, 0.05) is 24.8 Å². The average molecular weight is 282 g/mol. The Morgan fingerprint density at radius 2 is 2.32 bits per heavy atom. The van der Waals surface area contributed by atoms with Gasteiger partial charge >= 0.3 is 0 Å². The Morgan fingerprint density at radius 3 is 2.89 bits per heavy atom.